The molecule has 0 aliphatic heterocycles. The molecule has 1 aromatic rings. The second-order valence-electron chi connectivity index (χ2n) is 5.86. The molecule has 1 aliphatic carbocycles. The summed E-state index contributed by atoms with van der Waals surface area (Å²) in [6.07, 6.45) is 2.84. The number of Topliss-reactive ketones (excluding diaryl/α,β-unsaturated/α-hetero) is 1. The summed E-state index contributed by atoms with van der Waals surface area (Å²) in [5.74, 6) is 0.797. The highest BCUT2D eigenvalue weighted by atomic mass is 16.1. The Morgan fingerprint density at radius 2 is 1.75 bits per heavy atom. The van der Waals surface area contributed by atoms with E-state index in [4.69, 9.17) is 0 Å². The standard InChI is InChI=1S/C15H20O/c1-15(2,3)13-8-4-11(5-9-13)10-14(16)12-6-7-12/h4-5,8-9,12H,6-7,10H2,1-3H3. The van der Waals surface area contributed by atoms with Gasteiger partial charge in [0.2, 0.25) is 0 Å². The quantitative estimate of drug-likeness (QED) is 0.755. The molecule has 1 saturated carbocycles. The van der Waals surface area contributed by atoms with Gasteiger partial charge >= 0.3 is 0 Å². The number of ketones is 1. The van der Waals surface area contributed by atoms with Crippen molar-refractivity contribution in [1.29, 1.82) is 0 Å². The summed E-state index contributed by atoms with van der Waals surface area (Å²) in [4.78, 5) is 11.7. The van der Waals surface area contributed by atoms with Crippen LogP contribution in [-0.4, -0.2) is 5.78 Å². The van der Waals surface area contributed by atoms with E-state index in [9.17, 15) is 4.79 Å². The molecule has 0 spiro atoms. The average Bonchev–Trinajstić information content (AvgIpc) is 3.00. The first-order valence-electron chi connectivity index (χ1n) is 6.09. The van der Waals surface area contributed by atoms with Gasteiger partial charge in [0.05, 0.1) is 0 Å². The van der Waals surface area contributed by atoms with Crippen molar-refractivity contribution in [1.82, 2.24) is 0 Å². The summed E-state index contributed by atoms with van der Waals surface area (Å²) >= 11 is 0. The second-order valence-corrected chi connectivity index (χ2v) is 5.86. The molecule has 0 atom stereocenters. The van der Waals surface area contributed by atoms with Crippen molar-refractivity contribution < 1.29 is 4.79 Å². The van der Waals surface area contributed by atoms with Crippen molar-refractivity contribution in [3.63, 3.8) is 0 Å². The molecule has 1 fully saturated rings. The fourth-order valence-corrected chi connectivity index (χ4v) is 1.87. The van der Waals surface area contributed by atoms with Crippen LogP contribution in [0.2, 0.25) is 0 Å². The molecule has 1 aliphatic rings. The van der Waals surface area contributed by atoms with Gasteiger partial charge in [0.1, 0.15) is 5.78 Å². The summed E-state index contributed by atoms with van der Waals surface area (Å²) in [6, 6.07) is 8.49. The zero-order valence-corrected chi connectivity index (χ0v) is 10.4. The maximum absolute atomic E-state index is 11.7. The highest BCUT2D eigenvalue weighted by molar-refractivity contribution is 5.85. The SMILES string of the molecule is CC(C)(C)c1ccc(CC(=O)C2CC2)cc1. The minimum Gasteiger partial charge on any atom is -0.299 e. The first-order valence-corrected chi connectivity index (χ1v) is 6.09. The van der Waals surface area contributed by atoms with E-state index in [1.165, 1.54) is 5.56 Å². The maximum atomic E-state index is 11.7. The van der Waals surface area contributed by atoms with Crippen molar-refractivity contribution in [3.8, 4) is 0 Å². The first kappa shape index (κ1) is 11.4. The first-order chi connectivity index (χ1) is 7.47. The predicted octanol–water partition coefficient (Wildman–Crippen LogP) is 3.51. The van der Waals surface area contributed by atoms with Gasteiger partial charge < -0.3 is 0 Å². The van der Waals surface area contributed by atoms with E-state index in [-0.39, 0.29) is 5.41 Å². The molecule has 0 heterocycles. The van der Waals surface area contributed by atoms with Crippen LogP contribution in [0.1, 0.15) is 44.7 Å². The van der Waals surface area contributed by atoms with Crippen LogP contribution in [0.4, 0.5) is 0 Å². The zero-order chi connectivity index (χ0) is 11.8. The monoisotopic (exact) mass is 216 g/mol. The molecule has 1 nitrogen and oxygen atoms in total. The molecule has 16 heavy (non-hydrogen) atoms. The van der Waals surface area contributed by atoms with Crippen LogP contribution in [0.3, 0.4) is 0 Å². The predicted molar refractivity (Wildman–Crippen MR) is 66.6 cm³/mol. The Hall–Kier alpha value is -1.11. The van der Waals surface area contributed by atoms with Gasteiger partial charge in [-0.3, -0.25) is 4.79 Å². The van der Waals surface area contributed by atoms with Crippen LogP contribution < -0.4 is 0 Å². The normalized spacial score (nSPS) is 16.2. The Balaban J connectivity index is 2.04. The van der Waals surface area contributed by atoms with E-state index in [0.29, 0.717) is 18.1 Å². The van der Waals surface area contributed by atoms with Gasteiger partial charge in [-0.15, -0.1) is 0 Å². The summed E-state index contributed by atoms with van der Waals surface area (Å²) in [5, 5.41) is 0. The Bertz CT molecular complexity index is 377. The van der Waals surface area contributed by atoms with E-state index in [0.717, 1.165) is 18.4 Å². The number of benzene rings is 1. The van der Waals surface area contributed by atoms with Gasteiger partial charge in [0.25, 0.3) is 0 Å². The summed E-state index contributed by atoms with van der Waals surface area (Å²) in [6.45, 7) is 6.62. The lowest BCUT2D eigenvalue weighted by Crippen LogP contribution is -2.11. The van der Waals surface area contributed by atoms with Gasteiger partial charge in [-0.2, -0.15) is 0 Å². The third kappa shape index (κ3) is 2.72. The van der Waals surface area contributed by atoms with Crippen molar-refractivity contribution in [2.75, 3.05) is 0 Å². The molecule has 1 heteroatoms. The average molecular weight is 216 g/mol. The summed E-state index contributed by atoms with van der Waals surface area (Å²) < 4.78 is 0. The molecule has 0 aromatic heterocycles. The molecule has 86 valence electrons. The topological polar surface area (TPSA) is 17.1 Å². The summed E-state index contributed by atoms with van der Waals surface area (Å²) in [7, 11) is 0. The van der Waals surface area contributed by atoms with E-state index >= 15 is 0 Å². The molecule has 1 aromatic carbocycles. The molecule has 0 amide bonds. The van der Waals surface area contributed by atoms with E-state index in [2.05, 4.69) is 45.0 Å². The lowest BCUT2D eigenvalue weighted by atomic mass is 9.86. The number of carbonyl (C=O) groups is 1. The summed E-state index contributed by atoms with van der Waals surface area (Å²) in [5.41, 5.74) is 2.68. The molecule has 2 rings (SSSR count). The minimum absolute atomic E-state index is 0.193. The van der Waals surface area contributed by atoms with Gasteiger partial charge in [0.15, 0.2) is 0 Å². The third-order valence-corrected chi connectivity index (χ3v) is 3.23. The highest BCUT2D eigenvalue weighted by Crippen LogP contribution is 2.31. The van der Waals surface area contributed by atoms with Crippen LogP contribution in [0.5, 0.6) is 0 Å². The Kier molecular flexibility index (Phi) is 2.88. The minimum atomic E-state index is 0.193. The van der Waals surface area contributed by atoms with Crippen molar-refractivity contribution in [3.05, 3.63) is 35.4 Å². The molecule has 0 radical (unpaired) electrons. The Morgan fingerprint density at radius 3 is 2.19 bits per heavy atom. The Labute approximate surface area is 97.9 Å². The number of carbonyl (C=O) groups excluding carboxylic acids is 1. The maximum Gasteiger partial charge on any atom is 0.140 e. The van der Waals surface area contributed by atoms with Gasteiger partial charge in [0, 0.05) is 12.3 Å². The van der Waals surface area contributed by atoms with Gasteiger partial charge in [-0.05, 0) is 29.4 Å². The fraction of sp³-hybridized carbons (Fsp3) is 0.533. The molecule has 0 bridgehead atoms. The lowest BCUT2D eigenvalue weighted by molar-refractivity contribution is -0.119. The highest BCUT2D eigenvalue weighted by Gasteiger charge is 2.29. The van der Waals surface area contributed by atoms with E-state index < -0.39 is 0 Å². The third-order valence-electron chi connectivity index (χ3n) is 3.23. The number of rotatable bonds is 3. The van der Waals surface area contributed by atoms with Crippen molar-refractivity contribution in [2.24, 2.45) is 5.92 Å². The van der Waals surface area contributed by atoms with Crippen LogP contribution in [0.15, 0.2) is 24.3 Å². The van der Waals surface area contributed by atoms with Crippen LogP contribution in [0, 0.1) is 5.92 Å². The zero-order valence-electron chi connectivity index (χ0n) is 10.4. The number of hydrogen-bond acceptors (Lipinski definition) is 1. The van der Waals surface area contributed by atoms with Gasteiger partial charge in [-0.25, -0.2) is 0 Å². The van der Waals surface area contributed by atoms with Crippen LogP contribution >= 0.6 is 0 Å². The van der Waals surface area contributed by atoms with E-state index in [1.807, 2.05) is 0 Å². The fourth-order valence-electron chi connectivity index (χ4n) is 1.87. The number of hydrogen-bond donors (Lipinski definition) is 0. The second kappa shape index (κ2) is 4.04. The lowest BCUT2D eigenvalue weighted by Gasteiger charge is -2.19. The molecule has 0 N–H and O–H groups in total. The molecular formula is C15H20O. The molecule has 0 unspecified atom stereocenters. The smallest absolute Gasteiger partial charge is 0.140 e. The van der Waals surface area contributed by atoms with Gasteiger partial charge in [-0.1, -0.05) is 45.0 Å². The molecular weight excluding hydrogens is 196 g/mol. The van der Waals surface area contributed by atoms with E-state index in [1.54, 1.807) is 0 Å². The van der Waals surface area contributed by atoms with Crippen LogP contribution in [0.25, 0.3) is 0 Å². The van der Waals surface area contributed by atoms with Crippen LogP contribution in [-0.2, 0) is 16.6 Å². The van der Waals surface area contributed by atoms with Crippen molar-refractivity contribution in [2.45, 2.75) is 45.4 Å². The Morgan fingerprint density at radius 1 is 1.19 bits per heavy atom. The largest absolute Gasteiger partial charge is 0.299 e. The molecule has 0 saturated heterocycles. The van der Waals surface area contributed by atoms with Crippen molar-refractivity contribution >= 4 is 5.78 Å².